The number of nitrogens with one attached hydrogen (secondary N) is 3. The molecule has 6 nitrogen and oxygen atoms in total. The Hall–Kier alpha value is -2.93. The largest absolute Gasteiger partial charge is 0.355 e. The average molecular weight is 397 g/mol. The number of rotatable bonds is 7. The number of likely N-dealkylation sites (tertiary alicyclic amines) is 1. The molecule has 7 heteroatoms. The quantitative estimate of drug-likeness (QED) is 0.496. The average Bonchev–Trinajstić information content (AvgIpc) is 3.17. The van der Waals surface area contributed by atoms with Gasteiger partial charge in [-0.3, -0.25) is 14.7 Å². The highest BCUT2D eigenvalue weighted by atomic mass is 19.1. The molecular formula is C22H28FN5O. The van der Waals surface area contributed by atoms with Crippen LogP contribution in [0.15, 0.2) is 59.6 Å². The Bertz CT molecular complexity index is 810. The molecular weight excluding hydrogens is 369 g/mol. The van der Waals surface area contributed by atoms with Crippen molar-refractivity contribution in [3.8, 4) is 0 Å². The molecule has 2 aromatic rings. The zero-order valence-corrected chi connectivity index (χ0v) is 16.7. The second kappa shape index (κ2) is 10.6. The van der Waals surface area contributed by atoms with Gasteiger partial charge in [-0.05, 0) is 49.2 Å². The summed E-state index contributed by atoms with van der Waals surface area (Å²) in [6.45, 7) is 2.88. The van der Waals surface area contributed by atoms with Gasteiger partial charge in [0.05, 0.1) is 6.54 Å². The maximum Gasteiger partial charge on any atom is 0.243 e. The van der Waals surface area contributed by atoms with Crippen molar-refractivity contribution in [2.24, 2.45) is 4.99 Å². The van der Waals surface area contributed by atoms with Gasteiger partial charge in [0.2, 0.25) is 5.91 Å². The van der Waals surface area contributed by atoms with Gasteiger partial charge in [0.15, 0.2) is 5.96 Å². The van der Waals surface area contributed by atoms with Crippen LogP contribution in [-0.4, -0.2) is 49.5 Å². The van der Waals surface area contributed by atoms with E-state index >= 15 is 0 Å². The highest BCUT2D eigenvalue weighted by Gasteiger charge is 2.24. The van der Waals surface area contributed by atoms with Crippen molar-refractivity contribution in [3.05, 3.63) is 66.0 Å². The molecule has 154 valence electrons. The van der Waals surface area contributed by atoms with Gasteiger partial charge < -0.3 is 16.0 Å². The van der Waals surface area contributed by atoms with Crippen molar-refractivity contribution in [2.75, 3.05) is 32.0 Å². The number of carbonyl (C=O) groups is 1. The molecule has 0 aromatic heterocycles. The molecule has 1 saturated heterocycles. The minimum absolute atomic E-state index is 0.0788. The summed E-state index contributed by atoms with van der Waals surface area (Å²) in [4.78, 5) is 18.8. The summed E-state index contributed by atoms with van der Waals surface area (Å²) in [5.74, 6) is 0.0379. The van der Waals surface area contributed by atoms with Crippen LogP contribution in [0.4, 0.5) is 10.1 Å². The fourth-order valence-corrected chi connectivity index (χ4v) is 3.49. The van der Waals surface area contributed by atoms with Crippen LogP contribution < -0.4 is 16.0 Å². The highest BCUT2D eigenvalue weighted by molar-refractivity contribution is 5.94. The van der Waals surface area contributed by atoms with Crippen LogP contribution in [0.2, 0.25) is 0 Å². The van der Waals surface area contributed by atoms with Crippen LogP contribution >= 0.6 is 0 Å². The van der Waals surface area contributed by atoms with Crippen LogP contribution in [-0.2, 0) is 11.3 Å². The summed E-state index contributed by atoms with van der Waals surface area (Å²) in [6, 6.07) is 16.6. The normalized spacial score (nSPS) is 17.2. The van der Waals surface area contributed by atoms with Crippen molar-refractivity contribution in [1.82, 2.24) is 15.5 Å². The predicted molar refractivity (Wildman–Crippen MR) is 114 cm³/mol. The van der Waals surface area contributed by atoms with Crippen LogP contribution in [0.3, 0.4) is 0 Å². The van der Waals surface area contributed by atoms with E-state index in [0.29, 0.717) is 17.7 Å². The summed E-state index contributed by atoms with van der Waals surface area (Å²) < 4.78 is 12.9. The van der Waals surface area contributed by atoms with E-state index in [1.54, 1.807) is 7.05 Å². The number of anilines is 1. The van der Waals surface area contributed by atoms with Gasteiger partial charge in [0.1, 0.15) is 5.82 Å². The van der Waals surface area contributed by atoms with E-state index in [0.717, 1.165) is 26.1 Å². The van der Waals surface area contributed by atoms with Gasteiger partial charge >= 0.3 is 0 Å². The van der Waals surface area contributed by atoms with Crippen molar-refractivity contribution in [3.63, 3.8) is 0 Å². The van der Waals surface area contributed by atoms with Gasteiger partial charge in [0.25, 0.3) is 0 Å². The Morgan fingerprint density at radius 3 is 2.62 bits per heavy atom. The topological polar surface area (TPSA) is 68.8 Å². The maximum absolute atomic E-state index is 12.9. The molecule has 0 spiro atoms. The molecule has 1 unspecified atom stereocenters. The van der Waals surface area contributed by atoms with Crippen molar-refractivity contribution in [1.29, 1.82) is 0 Å². The first kappa shape index (κ1) is 20.8. The van der Waals surface area contributed by atoms with Gasteiger partial charge in [0, 0.05) is 31.9 Å². The number of guanidine groups is 1. The van der Waals surface area contributed by atoms with Crippen molar-refractivity contribution >= 4 is 17.6 Å². The molecule has 1 amide bonds. The first-order chi connectivity index (χ1) is 14.1. The second-order valence-electron chi connectivity index (χ2n) is 7.11. The Morgan fingerprint density at radius 2 is 1.90 bits per heavy atom. The molecule has 2 aromatic carbocycles. The lowest BCUT2D eigenvalue weighted by molar-refractivity contribution is -0.115. The Labute approximate surface area is 171 Å². The summed E-state index contributed by atoms with van der Waals surface area (Å²) in [5, 5.41) is 9.07. The van der Waals surface area contributed by atoms with Gasteiger partial charge in [-0.25, -0.2) is 4.39 Å². The van der Waals surface area contributed by atoms with E-state index in [9.17, 15) is 9.18 Å². The summed E-state index contributed by atoms with van der Waals surface area (Å²) in [6.07, 6.45) is 2.33. The summed E-state index contributed by atoms with van der Waals surface area (Å²) in [7, 11) is 1.68. The Balaban J connectivity index is 1.42. The van der Waals surface area contributed by atoms with E-state index < -0.39 is 0 Å². The number of hydrogen-bond acceptors (Lipinski definition) is 3. The number of halogens is 1. The van der Waals surface area contributed by atoms with E-state index in [1.165, 1.54) is 36.2 Å². The highest BCUT2D eigenvalue weighted by Crippen LogP contribution is 2.19. The van der Waals surface area contributed by atoms with Crippen LogP contribution in [0.1, 0.15) is 18.4 Å². The number of aliphatic imine (C=N–C) groups is 1. The Morgan fingerprint density at radius 1 is 1.14 bits per heavy atom. The van der Waals surface area contributed by atoms with Gasteiger partial charge in [-0.1, -0.05) is 30.3 Å². The second-order valence-corrected chi connectivity index (χ2v) is 7.11. The standard InChI is InChI=1S/C22H28FN5O/c1-24-22(26-15-21(29)27-19-11-9-18(23)10-12-19)25-14-20-8-5-13-28(20)16-17-6-3-2-4-7-17/h2-4,6-7,9-12,20H,5,8,13-16H2,1H3,(H,27,29)(H2,24,25,26). The van der Waals surface area contributed by atoms with Gasteiger partial charge in [-0.2, -0.15) is 0 Å². The van der Waals surface area contributed by atoms with E-state index in [-0.39, 0.29) is 18.3 Å². The summed E-state index contributed by atoms with van der Waals surface area (Å²) in [5.41, 5.74) is 1.88. The molecule has 0 bridgehead atoms. The van der Waals surface area contributed by atoms with E-state index in [2.05, 4.69) is 50.1 Å². The lowest BCUT2D eigenvalue weighted by atomic mass is 10.2. The maximum atomic E-state index is 12.9. The molecule has 0 radical (unpaired) electrons. The molecule has 1 aliphatic rings. The molecule has 1 fully saturated rings. The number of nitrogens with zero attached hydrogens (tertiary/aromatic N) is 2. The van der Waals surface area contributed by atoms with Crippen molar-refractivity contribution in [2.45, 2.75) is 25.4 Å². The molecule has 0 saturated carbocycles. The minimum atomic E-state index is -0.334. The van der Waals surface area contributed by atoms with Crippen LogP contribution in [0.25, 0.3) is 0 Å². The fraction of sp³-hybridized carbons (Fsp3) is 0.364. The SMILES string of the molecule is CN=C(NCC(=O)Nc1ccc(F)cc1)NCC1CCCN1Cc1ccccc1. The first-order valence-electron chi connectivity index (χ1n) is 9.92. The summed E-state index contributed by atoms with van der Waals surface area (Å²) >= 11 is 0. The third-order valence-corrected chi connectivity index (χ3v) is 5.00. The molecule has 3 rings (SSSR count). The van der Waals surface area contributed by atoms with Crippen molar-refractivity contribution < 1.29 is 9.18 Å². The van der Waals surface area contributed by atoms with E-state index in [1.807, 2.05) is 6.07 Å². The molecule has 29 heavy (non-hydrogen) atoms. The molecule has 1 atom stereocenters. The number of hydrogen-bond donors (Lipinski definition) is 3. The van der Waals surface area contributed by atoms with Crippen LogP contribution in [0, 0.1) is 5.82 Å². The number of benzene rings is 2. The van der Waals surface area contributed by atoms with Crippen LogP contribution in [0.5, 0.6) is 0 Å². The molecule has 0 aliphatic carbocycles. The number of carbonyl (C=O) groups excluding carboxylic acids is 1. The zero-order chi connectivity index (χ0) is 20.5. The smallest absolute Gasteiger partial charge is 0.243 e. The molecule has 1 heterocycles. The predicted octanol–water partition coefficient (Wildman–Crippen LogP) is 2.59. The Kier molecular flexibility index (Phi) is 7.58. The third-order valence-electron chi connectivity index (χ3n) is 5.00. The van der Waals surface area contributed by atoms with Gasteiger partial charge in [-0.15, -0.1) is 0 Å². The lowest BCUT2D eigenvalue weighted by Crippen LogP contribution is -2.46. The third kappa shape index (κ3) is 6.57. The zero-order valence-electron chi connectivity index (χ0n) is 16.7. The monoisotopic (exact) mass is 397 g/mol. The molecule has 1 aliphatic heterocycles. The lowest BCUT2D eigenvalue weighted by Gasteiger charge is -2.25. The fourth-order valence-electron chi connectivity index (χ4n) is 3.49. The van der Waals surface area contributed by atoms with E-state index in [4.69, 9.17) is 0 Å². The first-order valence-corrected chi connectivity index (χ1v) is 9.92. The molecule has 3 N–H and O–H groups in total. The minimum Gasteiger partial charge on any atom is -0.355 e. The number of amides is 1.